The number of nitrogens with zero attached hydrogens (tertiary/aromatic N) is 6. The van der Waals surface area contributed by atoms with E-state index in [1.807, 2.05) is 115 Å². The first-order valence-corrected chi connectivity index (χ1v) is 27.2. The van der Waals surface area contributed by atoms with Crippen molar-refractivity contribution in [1.29, 1.82) is 0 Å². The molecule has 0 aromatic heterocycles. The van der Waals surface area contributed by atoms with Crippen LogP contribution >= 0.6 is 0 Å². The van der Waals surface area contributed by atoms with Gasteiger partial charge in [-0.3, -0.25) is 19.2 Å². The second kappa shape index (κ2) is 18.6. The Morgan fingerprint density at radius 2 is 1.38 bits per heavy atom. The molecule has 2 fully saturated rings. The topological polar surface area (TPSA) is 145 Å². The summed E-state index contributed by atoms with van der Waals surface area (Å²) in [6.45, 7) is 7.28. The lowest BCUT2D eigenvalue weighted by atomic mass is 9.82. The highest BCUT2D eigenvalue weighted by molar-refractivity contribution is 6.91. The first-order valence-electron chi connectivity index (χ1n) is 24.1. The van der Waals surface area contributed by atoms with Gasteiger partial charge in [-0.15, -0.1) is 0 Å². The van der Waals surface area contributed by atoms with Gasteiger partial charge in [-0.25, -0.2) is 10.0 Å². The Kier molecular flexibility index (Phi) is 12.4. The van der Waals surface area contributed by atoms with E-state index in [0.717, 1.165) is 51.9 Å². The number of fused-ring (bicyclic) bond motifs is 2. The zero-order chi connectivity index (χ0) is 48.0. The number of hydrazone groups is 2. The van der Waals surface area contributed by atoms with Crippen LogP contribution in [0.5, 0.6) is 5.75 Å². The molecule has 1 spiro atoms. The van der Waals surface area contributed by atoms with Crippen LogP contribution in [-0.4, -0.2) is 85.5 Å². The highest BCUT2D eigenvalue weighted by Crippen LogP contribution is 2.61. The molecule has 5 aromatic carbocycles. The predicted molar refractivity (Wildman–Crippen MR) is 269 cm³/mol. The van der Waals surface area contributed by atoms with Crippen molar-refractivity contribution in [3.8, 4) is 5.75 Å². The predicted octanol–water partition coefficient (Wildman–Crippen LogP) is 7.89. The fourth-order valence-electron chi connectivity index (χ4n) is 11.5. The summed E-state index contributed by atoms with van der Waals surface area (Å²) in [5, 5.41) is 24.0. The first-order chi connectivity index (χ1) is 33.4. The van der Waals surface area contributed by atoms with Crippen molar-refractivity contribution in [3.63, 3.8) is 0 Å². The Balaban J connectivity index is 1.06. The average Bonchev–Trinajstić information content (AvgIpc) is 4.05. The van der Waals surface area contributed by atoms with Gasteiger partial charge in [-0.1, -0.05) is 110 Å². The summed E-state index contributed by atoms with van der Waals surface area (Å²) >= 11 is 0. The number of hydrogen-bond donors (Lipinski definition) is 1. The minimum atomic E-state index is -2.64. The number of anilines is 3. The lowest BCUT2D eigenvalue weighted by molar-refractivity contribution is -0.150. The number of methoxy groups -OCH3 is 1. The summed E-state index contributed by atoms with van der Waals surface area (Å²) in [6.07, 6.45) is 2.60. The van der Waals surface area contributed by atoms with Crippen molar-refractivity contribution in [2.24, 2.45) is 16.1 Å². The van der Waals surface area contributed by atoms with Crippen LogP contribution in [0, 0.1) is 5.92 Å². The molecule has 0 aliphatic carbocycles. The minimum absolute atomic E-state index is 0.0443. The standard InChI is InChI=1S/C55H58N6O7Si/c1-36-53(69(3,4)44-24-22-43(67-2)23-25-44)49(33-52(65)58-31-11-16-42(58)35-62)68-55(36)45-32-41(61-51(64)30-27-47(57-61)39-14-9-6-10-15-39)21-28-48(45)59(54(55)66)34-37-17-19-40(20-18-37)60-50(63)29-26-46(56-60)38-12-7-5-8-13-38/h5-10,12-15,17-25,28,32,36,42,49,53,62H,11,16,26-27,29-31,33-35H2,1-4H3/t36-,42+,49+,53-,55+/m1/s1. The van der Waals surface area contributed by atoms with Crippen LogP contribution in [0.3, 0.4) is 0 Å². The van der Waals surface area contributed by atoms with Crippen molar-refractivity contribution in [2.45, 2.75) is 94.8 Å². The average molecular weight is 943 g/mol. The number of amides is 4. The third-order valence-corrected chi connectivity index (χ3v) is 19.5. The highest BCUT2D eigenvalue weighted by Gasteiger charge is 2.66. The second-order valence-corrected chi connectivity index (χ2v) is 24.1. The molecule has 5 aromatic rings. The SMILES string of the molecule is COc1ccc([Si](C)(C)[C@H]2[C@H](CC(=O)N3CCC[C@H]3CO)O[C@@]3(C(=O)N(Cc4ccc(N5N=C(c6ccccc6)CCC5=O)cc4)c4ccc(N5N=C(c6ccccc6)CCC5=O)cc43)[C@@H]2C)cc1. The van der Waals surface area contributed by atoms with Crippen LogP contribution in [0.2, 0.25) is 18.6 Å². The normalized spacial score (nSPS) is 23.7. The smallest absolute Gasteiger partial charge is 0.264 e. The van der Waals surface area contributed by atoms with Crippen molar-refractivity contribution in [3.05, 3.63) is 150 Å². The van der Waals surface area contributed by atoms with Crippen molar-refractivity contribution in [1.82, 2.24) is 4.90 Å². The highest BCUT2D eigenvalue weighted by atomic mass is 28.3. The first kappa shape index (κ1) is 46.0. The third kappa shape index (κ3) is 8.27. The van der Waals surface area contributed by atoms with E-state index in [-0.39, 0.29) is 61.2 Å². The van der Waals surface area contributed by atoms with Gasteiger partial charge >= 0.3 is 0 Å². The van der Waals surface area contributed by atoms with Crippen LogP contribution in [-0.2, 0) is 36.1 Å². The van der Waals surface area contributed by atoms with Gasteiger partial charge in [0.1, 0.15) is 5.75 Å². The molecule has 69 heavy (non-hydrogen) atoms. The van der Waals surface area contributed by atoms with Crippen LogP contribution in [0.25, 0.3) is 0 Å². The van der Waals surface area contributed by atoms with Gasteiger partial charge in [-0.2, -0.15) is 10.2 Å². The number of hydrogen-bond acceptors (Lipinski definition) is 9. The van der Waals surface area contributed by atoms with Gasteiger partial charge in [-0.05, 0) is 77.5 Å². The molecule has 5 aliphatic rings. The van der Waals surface area contributed by atoms with Gasteiger partial charge in [0.2, 0.25) is 17.7 Å². The van der Waals surface area contributed by atoms with E-state index < -0.39 is 25.7 Å². The monoisotopic (exact) mass is 942 g/mol. The largest absolute Gasteiger partial charge is 0.497 e. The van der Waals surface area contributed by atoms with E-state index in [0.29, 0.717) is 48.4 Å². The summed E-state index contributed by atoms with van der Waals surface area (Å²) in [4.78, 5) is 61.0. The van der Waals surface area contributed by atoms with Gasteiger partial charge < -0.3 is 24.4 Å². The lowest BCUT2D eigenvalue weighted by Gasteiger charge is -2.37. The molecule has 5 aliphatic heterocycles. The van der Waals surface area contributed by atoms with Gasteiger partial charge in [0.15, 0.2) is 5.60 Å². The Hall–Kier alpha value is -6.74. The zero-order valence-electron chi connectivity index (χ0n) is 39.6. The van der Waals surface area contributed by atoms with Crippen LogP contribution in [0.4, 0.5) is 17.1 Å². The number of carbonyl (C=O) groups excluding carboxylic acids is 4. The second-order valence-electron chi connectivity index (χ2n) is 19.4. The Bertz CT molecular complexity index is 2840. The lowest BCUT2D eigenvalue weighted by Crippen LogP contribution is -2.52. The molecule has 0 bridgehead atoms. The van der Waals surface area contributed by atoms with Crippen LogP contribution in [0.15, 0.2) is 138 Å². The summed E-state index contributed by atoms with van der Waals surface area (Å²) in [6, 6.07) is 40.8. The van der Waals surface area contributed by atoms with Crippen molar-refractivity contribution < 1.29 is 33.8 Å². The minimum Gasteiger partial charge on any atom is -0.497 e. The Morgan fingerprint density at radius 3 is 1.97 bits per heavy atom. The van der Waals surface area contributed by atoms with Crippen LogP contribution in [0.1, 0.15) is 74.1 Å². The third-order valence-electron chi connectivity index (χ3n) is 15.1. The van der Waals surface area contributed by atoms with Gasteiger partial charge in [0, 0.05) is 43.7 Å². The quantitative estimate of drug-likeness (QED) is 0.125. The van der Waals surface area contributed by atoms with Gasteiger partial charge in [0.05, 0.1) is 75.4 Å². The maximum Gasteiger partial charge on any atom is 0.264 e. The maximum atomic E-state index is 15.9. The molecule has 354 valence electrons. The number of aliphatic hydroxyl groups excluding tert-OH is 1. The number of benzene rings is 5. The molecule has 0 unspecified atom stereocenters. The molecule has 4 amide bonds. The van der Waals surface area contributed by atoms with E-state index in [2.05, 4.69) is 32.2 Å². The summed E-state index contributed by atoms with van der Waals surface area (Å²) in [7, 11) is -0.999. The summed E-state index contributed by atoms with van der Waals surface area (Å²) < 4.78 is 13.0. The molecular weight excluding hydrogens is 885 g/mol. The number of ether oxygens (including phenoxy) is 2. The number of rotatable bonds is 12. The fourth-order valence-corrected chi connectivity index (χ4v) is 15.6. The van der Waals surface area contributed by atoms with Gasteiger partial charge in [0.25, 0.3) is 5.91 Å². The van der Waals surface area contributed by atoms with E-state index in [1.165, 1.54) is 10.0 Å². The molecule has 5 heterocycles. The molecule has 5 atom stereocenters. The molecule has 2 saturated heterocycles. The Morgan fingerprint density at radius 1 is 0.783 bits per heavy atom. The van der Waals surface area contributed by atoms with Crippen molar-refractivity contribution >= 4 is 65.4 Å². The molecular formula is C55H58N6O7Si. The maximum absolute atomic E-state index is 15.9. The van der Waals surface area contributed by atoms with Crippen molar-refractivity contribution in [2.75, 3.05) is 35.2 Å². The number of aliphatic hydroxyl groups is 1. The molecule has 10 rings (SSSR count). The molecule has 13 nitrogen and oxygen atoms in total. The van der Waals surface area contributed by atoms with E-state index in [1.54, 1.807) is 16.9 Å². The van der Waals surface area contributed by atoms with E-state index >= 15 is 4.79 Å². The van der Waals surface area contributed by atoms with Crippen LogP contribution < -0.4 is 24.8 Å². The molecule has 1 N–H and O–H groups in total. The molecule has 14 heteroatoms. The zero-order valence-corrected chi connectivity index (χ0v) is 40.6. The number of carbonyl (C=O) groups is 4. The summed E-state index contributed by atoms with van der Waals surface area (Å²) in [5.74, 6) is -0.291. The Labute approximate surface area is 404 Å². The number of likely N-dealkylation sites (tertiary alicyclic amines) is 1. The summed E-state index contributed by atoms with van der Waals surface area (Å²) in [5.41, 5.74) is 5.02. The molecule has 0 saturated carbocycles. The van der Waals surface area contributed by atoms with E-state index in [4.69, 9.17) is 19.7 Å². The van der Waals surface area contributed by atoms with E-state index in [9.17, 15) is 19.5 Å². The molecule has 0 radical (unpaired) electrons. The fraction of sp³-hybridized carbons (Fsp3) is 0.345.